The Morgan fingerprint density at radius 3 is 2.26 bits per heavy atom. The molecule has 0 radical (unpaired) electrons. The van der Waals surface area contributed by atoms with Crippen LogP contribution in [0.5, 0.6) is 0 Å². The van der Waals surface area contributed by atoms with Gasteiger partial charge in [0.2, 0.25) is 5.95 Å². The fourth-order valence-electron chi connectivity index (χ4n) is 2.39. The van der Waals surface area contributed by atoms with E-state index in [-0.39, 0.29) is 0 Å². The molecule has 116 valence electrons. The zero-order valence-electron chi connectivity index (χ0n) is 13.4. The van der Waals surface area contributed by atoms with Crippen LogP contribution in [-0.2, 0) is 6.54 Å². The molecule has 0 atom stereocenters. The number of benzene rings is 2. The van der Waals surface area contributed by atoms with Crippen molar-refractivity contribution in [1.82, 2.24) is 9.97 Å². The van der Waals surface area contributed by atoms with Crippen LogP contribution in [0.15, 0.2) is 66.7 Å². The van der Waals surface area contributed by atoms with E-state index in [9.17, 15) is 0 Å². The number of hydrogen-bond donors (Lipinski definition) is 1. The standard InChI is InChI=1S/C19H20N4/c1-15-13-18(23(2)14-16-9-5-3-6-10-16)22-19(20-15)21-17-11-7-4-8-12-17/h3-13H,14H2,1-2H3,(H,20,21,22). The van der Waals surface area contributed by atoms with Gasteiger partial charge < -0.3 is 10.2 Å². The number of aromatic nitrogens is 2. The normalized spacial score (nSPS) is 10.3. The zero-order chi connectivity index (χ0) is 16.1. The SMILES string of the molecule is Cc1cc(N(C)Cc2ccccc2)nc(Nc2ccccc2)n1. The molecule has 0 saturated heterocycles. The van der Waals surface area contributed by atoms with E-state index < -0.39 is 0 Å². The van der Waals surface area contributed by atoms with Crippen molar-refractivity contribution in [2.75, 3.05) is 17.3 Å². The van der Waals surface area contributed by atoms with Gasteiger partial charge in [-0.25, -0.2) is 4.98 Å². The maximum atomic E-state index is 4.63. The average molecular weight is 304 g/mol. The molecule has 0 aliphatic carbocycles. The highest BCUT2D eigenvalue weighted by atomic mass is 15.2. The summed E-state index contributed by atoms with van der Waals surface area (Å²) in [4.78, 5) is 11.2. The summed E-state index contributed by atoms with van der Waals surface area (Å²) in [5.41, 5.74) is 3.17. The molecule has 2 aromatic carbocycles. The summed E-state index contributed by atoms with van der Waals surface area (Å²) >= 11 is 0. The number of nitrogens with zero attached hydrogens (tertiary/aromatic N) is 3. The first-order valence-corrected chi connectivity index (χ1v) is 7.63. The Morgan fingerprint density at radius 2 is 1.57 bits per heavy atom. The fraction of sp³-hybridized carbons (Fsp3) is 0.158. The number of para-hydroxylation sites is 1. The number of hydrogen-bond acceptors (Lipinski definition) is 4. The first-order chi connectivity index (χ1) is 11.2. The molecule has 0 fully saturated rings. The predicted molar refractivity (Wildman–Crippen MR) is 95.0 cm³/mol. The van der Waals surface area contributed by atoms with Crippen LogP contribution in [0.2, 0.25) is 0 Å². The van der Waals surface area contributed by atoms with Crippen LogP contribution in [-0.4, -0.2) is 17.0 Å². The lowest BCUT2D eigenvalue weighted by atomic mass is 10.2. The second-order valence-corrected chi connectivity index (χ2v) is 5.52. The summed E-state index contributed by atoms with van der Waals surface area (Å²) in [7, 11) is 2.04. The first-order valence-electron chi connectivity index (χ1n) is 7.63. The van der Waals surface area contributed by atoms with Crippen LogP contribution in [0, 0.1) is 6.92 Å². The van der Waals surface area contributed by atoms with Crippen molar-refractivity contribution in [2.45, 2.75) is 13.5 Å². The fourth-order valence-corrected chi connectivity index (χ4v) is 2.39. The molecule has 1 aromatic heterocycles. The van der Waals surface area contributed by atoms with E-state index >= 15 is 0 Å². The van der Waals surface area contributed by atoms with Crippen LogP contribution in [0.4, 0.5) is 17.5 Å². The van der Waals surface area contributed by atoms with Crippen LogP contribution in [0.25, 0.3) is 0 Å². The Labute approximate surface area is 136 Å². The third kappa shape index (κ3) is 4.07. The zero-order valence-corrected chi connectivity index (χ0v) is 13.4. The van der Waals surface area contributed by atoms with Gasteiger partial charge in [0, 0.05) is 31.0 Å². The number of rotatable bonds is 5. The van der Waals surface area contributed by atoms with Crippen molar-refractivity contribution in [3.8, 4) is 0 Å². The molecule has 0 saturated carbocycles. The Morgan fingerprint density at radius 1 is 0.913 bits per heavy atom. The van der Waals surface area contributed by atoms with Gasteiger partial charge in [-0.1, -0.05) is 48.5 Å². The summed E-state index contributed by atoms with van der Waals surface area (Å²) in [6.45, 7) is 2.79. The summed E-state index contributed by atoms with van der Waals surface area (Å²) in [5, 5.41) is 3.25. The molecule has 23 heavy (non-hydrogen) atoms. The van der Waals surface area contributed by atoms with E-state index in [4.69, 9.17) is 0 Å². The average Bonchev–Trinajstić information content (AvgIpc) is 2.56. The highest BCUT2D eigenvalue weighted by Gasteiger charge is 2.08. The highest BCUT2D eigenvalue weighted by molar-refractivity contribution is 5.55. The maximum Gasteiger partial charge on any atom is 0.229 e. The minimum absolute atomic E-state index is 0.617. The van der Waals surface area contributed by atoms with Crippen molar-refractivity contribution >= 4 is 17.5 Å². The van der Waals surface area contributed by atoms with Crippen molar-refractivity contribution in [3.63, 3.8) is 0 Å². The van der Waals surface area contributed by atoms with Crippen molar-refractivity contribution in [1.29, 1.82) is 0 Å². The maximum absolute atomic E-state index is 4.63. The second-order valence-electron chi connectivity index (χ2n) is 5.52. The molecule has 0 aliphatic rings. The van der Waals surface area contributed by atoms with E-state index in [0.717, 1.165) is 23.7 Å². The van der Waals surface area contributed by atoms with Crippen LogP contribution < -0.4 is 10.2 Å². The largest absolute Gasteiger partial charge is 0.355 e. The molecular weight excluding hydrogens is 284 g/mol. The monoisotopic (exact) mass is 304 g/mol. The van der Waals surface area contributed by atoms with Gasteiger partial charge >= 0.3 is 0 Å². The molecule has 4 nitrogen and oxygen atoms in total. The van der Waals surface area contributed by atoms with Crippen LogP contribution in [0.1, 0.15) is 11.3 Å². The topological polar surface area (TPSA) is 41.1 Å². The third-order valence-corrected chi connectivity index (χ3v) is 3.52. The smallest absolute Gasteiger partial charge is 0.229 e. The summed E-state index contributed by atoms with van der Waals surface area (Å²) in [6.07, 6.45) is 0. The highest BCUT2D eigenvalue weighted by Crippen LogP contribution is 2.18. The van der Waals surface area contributed by atoms with Crippen molar-refractivity contribution in [3.05, 3.63) is 78.0 Å². The van der Waals surface area contributed by atoms with E-state index in [0.29, 0.717) is 5.95 Å². The van der Waals surface area contributed by atoms with Gasteiger partial charge in [-0.15, -0.1) is 0 Å². The van der Waals surface area contributed by atoms with Crippen LogP contribution >= 0.6 is 0 Å². The summed E-state index contributed by atoms with van der Waals surface area (Å²) in [5.74, 6) is 1.52. The first kappa shape index (κ1) is 15.0. The van der Waals surface area contributed by atoms with Gasteiger partial charge in [0.25, 0.3) is 0 Å². The molecule has 0 aliphatic heterocycles. The Hall–Kier alpha value is -2.88. The van der Waals surface area contributed by atoms with Gasteiger partial charge in [0.15, 0.2) is 0 Å². The van der Waals surface area contributed by atoms with Gasteiger partial charge in [0.05, 0.1) is 0 Å². The van der Waals surface area contributed by atoms with Crippen LogP contribution in [0.3, 0.4) is 0 Å². The molecule has 0 bridgehead atoms. The summed E-state index contributed by atoms with van der Waals surface area (Å²) in [6, 6.07) is 22.3. The summed E-state index contributed by atoms with van der Waals surface area (Å²) < 4.78 is 0. The number of nitrogens with one attached hydrogen (secondary N) is 1. The van der Waals surface area contributed by atoms with E-state index in [1.165, 1.54) is 5.56 Å². The lowest BCUT2D eigenvalue weighted by molar-refractivity contribution is 0.888. The lowest BCUT2D eigenvalue weighted by Crippen LogP contribution is -2.18. The molecule has 1 heterocycles. The Balaban J connectivity index is 1.79. The second kappa shape index (κ2) is 6.92. The molecule has 4 heteroatoms. The third-order valence-electron chi connectivity index (χ3n) is 3.52. The van der Waals surface area contributed by atoms with Gasteiger partial charge in [0.1, 0.15) is 5.82 Å². The van der Waals surface area contributed by atoms with E-state index in [1.54, 1.807) is 0 Å². The Bertz CT molecular complexity index is 757. The number of anilines is 3. The quantitative estimate of drug-likeness (QED) is 0.768. The van der Waals surface area contributed by atoms with Gasteiger partial charge in [-0.05, 0) is 24.6 Å². The Kier molecular flexibility index (Phi) is 4.52. The van der Waals surface area contributed by atoms with E-state index in [1.807, 2.05) is 56.4 Å². The minimum atomic E-state index is 0.617. The molecular formula is C19H20N4. The van der Waals surface area contributed by atoms with Crippen molar-refractivity contribution in [2.24, 2.45) is 0 Å². The predicted octanol–water partition coefficient (Wildman–Crippen LogP) is 4.17. The van der Waals surface area contributed by atoms with Gasteiger partial charge in [-0.2, -0.15) is 4.98 Å². The minimum Gasteiger partial charge on any atom is -0.355 e. The molecule has 0 spiro atoms. The van der Waals surface area contributed by atoms with E-state index in [2.05, 4.69) is 44.5 Å². The molecule has 3 aromatic rings. The van der Waals surface area contributed by atoms with Crippen molar-refractivity contribution < 1.29 is 0 Å². The molecule has 3 rings (SSSR count). The molecule has 1 N–H and O–H groups in total. The lowest BCUT2D eigenvalue weighted by Gasteiger charge is -2.19. The van der Waals surface area contributed by atoms with Gasteiger partial charge in [-0.3, -0.25) is 0 Å². The number of aryl methyl sites for hydroxylation is 1. The molecule has 0 unspecified atom stereocenters. The molecule has 0 amide bonds.